The topological polar surface area (TPSA) is 42.4 Å². The molecule has 0 unspecified atom stereocenters. The molecule has 26 rings (SSSR count). The molecule has 9 nitrogen and oxygen atoms in total. The number of thiophene rings is 1. The van der Waals surface area contributed by atoms with Gasteiger partial charge < -0.3 is 43.0 Å². The lowest BCUT2D eigenvalue weighted by molar-refractivity contribution is 0.669. The van der Waals surface area contributed by atoms with Gasteiger partial charge in [0.2, 0.25) is 0 Å². The van der Waals surface area contributed by atoms with Crippen LogP contribution in [0.4, 0.5) is 102 Å². The molecule has 0 fully saturated rings. The van der Waals surface area contributed by atoms with Crippen LogP contribution in [0.5, 0.6) is 0 Å². The van der Waals surface area contributed by atoms with Gasteiger partial charge >= 0.3 is 0 Å². The van der Waals surface area contributed by atoms with E-state index in [0.29, 0.717) is 0 Å². The van der Waals surface area contributed by atoms with Gasteiger partial charge in [-0.25, -0.2) is 0 Å². The summed E-state index contributed by atoms with van der Waals surface area (Å²) in [5.41, 5.74) is 30.4. The Kier molecular flexibility index (Phi) is 21.7. The Labute approximate surface area is 815 Å². The van der Waals surface area contributed by atoms with E-state index < -0.39 is 0 Å². The summed E-state index contributed by atoms with van der Waals surface area (Å²) < 4.78 is 14.0. The maximum absolute atomic E-state index is 6.69. The SMILES string of the molecule is c1ccc(N(c2ccccc2)c2cc(-c3cccc4ccccc34)c3sc4cc(N(c5ccccc5)c5ccc6c7cc(N(c8ccccc8)c8ccccc8)ccc7n(-c7ccccc7)c6c5)ccc4c3c2)cc1.c1ccc(N(c2ccccc2)c2ccc3oc4cc(N(c5ccccc5)c5ccc6c7cc(N(c8ccccc8)c8ccccc8)ccc7n(-c7ccccc7)c6c5)ccc4c3c2)cc1. The standard InChI is InChI=1S/C70H48N4S.C60H42N4O/c1-7-24-50(25-8-1)71(51-26-9-2-10-27-51)56-40-43-67-64(44-56)62-41-38-57(47-68(62)74(67)55-34-17-6-18-35-55)73(54-32-15-5-16-33-54)58-39-42-63-66-46-59(72(52-28-11-3-12-29-52)53-30-13-4-14-31-53)45-65(70(66)75-69(63)48-58)61-37-21-23-49-22-19-20-36-60(49)61;1-7-19-43(20-8-1)61(44-21-9-2-10-22-44)49-33-37-57-55(39-49)53-35-31-51(41-58(53)64(57)48-29-17-6-18-30-48)63(47-27-15-5-16-28-47)52-32-36-54-56-40-50(34-38-59(56)65-60(54)42-52)62(45-23-11-3-12-24-45)46-25-13-4-14-26-46/h1-48H;1-42H. The second-order valence-electron chi connectivity index (χ2n) is 35.2. The molecule has 0 bridgehead atoms. The lowest BCUT2D eigenvalue weighted by atomic mass is 9.96. The minimum absolute atomic E-state index is 0.829. The van der Waals surface area contributed by atoms with Crippen LogP contribution in [0.15, 0.2) is 550 Å². The zero-order valence-electron chi connectivity index (χ0n) is 76.4. The molecule has 0 amide bonds. The summed E-state index contributed by atoms with van der Waals surface area (Å²) in [6.07, 6.45) is 0. The first kappa shape index (κ1) is 83.4. The number of nitrogens with zero attached hydrogens (tertiary/aromatic N) is 8. The molecule has 26 aromatic rings. The van der Waals surface area contributed by atoms with Crippen molar-refractivity contribution in [2.45, 2.75) is 0 Å². The number of para-hydroxylation sites is 12. The smallest absolute Gasteiger partial charge is 0.137 e. The highest BCUT2D eigenvalue weighted by Gasteiger charge is 2.28. The summed E-state index contributed by atoms with van der Waals surface area (Å²) in [5.74, 6) is 0. The highest BCUT2D eigenvalue weighted by atomic mass is 32.1. The van der Waals surface area contributed by atoms with Crippen LogP contribution < -0.4 is 29.4 Å². The first-order valence-corrected chi connectivity index (χ1v) is 48.3. The van der Waals surface area contributed by atoms with Crippen LogP contribution >= 0.6 is 11.3 Å². The van der Waals surface area contributed by atoms with Crippen molar-refractivity contribution in [3.05, 3.63) is 546 Å². The highest BCUT2D eigenvalue weighted by molar-refractivity contribution is 7.26. The van der Waals surface area contributed by atoms with Gasteiger partial charge in [0.05, 0.1) is 22.1 Å². The number of anilines is 18. The Hall–Kier alpha value is -18.5. The number of rotatable bonds is 21. The molecule has 0 radical (unpaired) electrons. The number of benzene rings is 22. The minimum Gasteiger partial charge on any atom is -0.456 e. The van der Waals surface area contributed by atoms with Gasteiger partial charge in [0.1, 0.15) is 11.2 Å². The van der Waals surface area contributed by atoms with Crippen LogP contribution in [-0.4, -0.2) is 9.13 Å². The Bertz CT molecular complexity index is 8820. The normalized spacial score (nSPS) is 11.4. The second-order valence-corrected chi connectivity index (χ2v) is 36.2. The van der Waals surface area contributed by atoms with Crippen LogP contribution in [0.1, 0.15) is 0 Å². The molecule has 4 aromatic heterocycles. The third-order valence-electron chi connectivity index (χ3n) is 26.8. The molecule has 662 valence electrons. The lowest BCUT2D eigenvalue weighted by Crippen LogP contribution is -2.10. The van der Waals surface area contributed by atoms with E-state index >= 15 is 0 Å². The van der Waals surface area contributed by atoms with Crippen LogP contribution in [0.3, 0.4) is 0 Å². The molecule has 0 saturated carbocycles. The quantitative estimate of drug-likeness (QED) is 0.0710. The second kappa shape index (κ2) is 36.4. The fourth-order valence-electron chi connectivity index (χ4n) is 20.5. The Morgan fingerprint density at radius 1 is 0.157 bits per heavy atom. The number of hydrogen-bond donors (Lipinski definition) is 0. The van der Waals surface area contributed by atoms with E-state index in [1.54, 1.807) is 0 Å². The van der Waals surface area contributed by atoms with Crippen LogP contribution in [0.25, 0.3) is 119 Å². The van der Waals surface area contributed by atoms with Crippen LogP contribution in [0.2, 0.25) is 0 Å². The molecule has 10 heteroatoms. The fraction of sp³-hybridized carbons (Fsp3) is 0. The molecular formula is C130H90N8OS. The van der Waals surface area contributed by atoms with Crippen LogP contribution in [0, 0.1) is 0 Å². The summed E-state index contributed by atoms with van der Waals surface area (Å²) in [5, 5.41) is 11.8. The molecule has 4 heterocycles. The third kappa shape index (κ3) is 15.5. The summed E-state index contributed by atoms with van der Waals surface area (Å²) in [7, 11) is 0. The van der Waals surface area contributed by atoms with Crippen molar-refractivity contribution in [1.82, 2.24) is 9.13 Å². The number of hydrogen-bond acceptors (Lipinski definition) is 8. The fourth-order valence-corrected chi connectivity index (χ4v) is 21.8. The van der Waals surface area contributed by atoms with E-state index in [0.717, 1.165) is 158 Å². The molecule has 0 saturated heterocycles. The Balaban J connectivity index is 0.000000149. The first-order chi connectivity index (χ1) is 69.5. The highest BCUT2D eigenvalue weighted by Crippen LogP contribution is 2.52. The van der Waals surface area contributed by atoms with Gasteiger partial charge in [-0.05, 0) is 277 Å². The minimum atomic E-state index is 0.829. The van der Waals surface area contributed by atoms with Crippen molar-refractivity contribution in [3.8, 4) is 22.5 Å². The maximum atomic E-state index is 6.69. The molecule has 0 aliphatic heterocycles. The predicted octanol–water partition coefficient (Wildman–Crippen LogP) is 37.5. The molecule has 0 aliphatic carbocycles. The maximum Gasteiger partial charge on any atom is 0.137 e. The monoisotopic (exact) mass is 1810 g/mol. The third-order valence-corrected chi connectivity index (χ3v) is 28.0. The lowest BCUT2D eigenvalue weighted by Gasteiger charge is -2.26. The van der Waals surface area contributed by atoms with E-state index in [-0.39, 0.29) is 0 Å². The Morgan fingerprint density at radius 3 is 0.850 bits per heavy atom. The van der Waals surface area contributed by atoms with Gasteiger partial charge in [0, 0.05) is 178 Å². The zero-order valence-corrected chi connectivity index (χ0v) is 77.2. The van der Waals surface area contributed by atoms with Crippen molar-refractivity contribution < 1.29 is 4.42 Å². The van der Waals surface area contributed by atoms with Crippen molar-refractivity contribution in [1.29, 1.82) is 0 Å². The first-order valence-electron chi connectivity index (χ1n) is 47.5. The number of aromatic nitrogens is 2. The van der Waals surface area contributed by atoms with Gasteiger partial charge in [-0.3, -0.25) is 0 Å². The predicted molar refractivity (Wildman–Crippen MR) is 593 cm³/mol. The van der Waals surface area contributed by atoms with E-state index in [4.69, 9.17) is 4.42 Å². The Morgan fingerprint density at radius 2 is 0.450 bits per heavy atom. The van der Waals surface area contributed by atoms with E-state index in [9.17, 15) is 0 Å². The number of fused-ring (bicyclic) bond motifs is 13. The molecule has 0 N–H and O–H groups in total. The summed E-state index contributed by atoms with van der Waals surface area (Å²) in [6.45, 7) is 0. The van der Waals surface area contributed by atoms with E-state index in [1.165, 1.54) is 63.6 Å². The van der Waals surface area contributed by atoms with Gasteiger partial charge in [-0.15, -0.1) is 11.3 Å². The largest absolute Gasteiger partial charge is 0.456 e. The molecular weight excluding hydrogens is 1720 g/mol. The van der Waals surface area contributed by atoms with Crippen LogP contribution in [-0.2, 0) is 0 Å². The van der Waals surface area contributed by atoms with Crippen molar-refractivity contribution in [3.63, 3.8) is 0 Å². The zero-order chi connectivity index (χ0) is 92.8. The van der Waals surface area contributed by atoms with Crippen molar-refractivity contribution in [2.24, 2.45) is 0 Å². The average Bonchev–Trinajstić information content (AvgIpc) is 1.58. The summed E-state index contributed by atoms with van der Waals surface area (Å²) >= 11 is 1.88. The van der Waals surface area contributed by atoms with Crippen molar-refractivity contribution in [2.75, 3.05) is 29.4 Å². The van der Waals surface area contributed by atoms with E-state index in [2.05, 4.69) is 585 Å². The van der Waals surface area contributed by atoms with E-state index in [1.807, 2.05) is 11.3 Å². The van der Waals surface area contributed by atoms with Gasteiger partial charge in [-0.2, -0.15) is 0 Å². The average molecular weight is 1810 g/mol. The van der Waals surface area contributed by atoms with Gasteiger partial charge in [-0.1, -0.05) is 279 Å². The number of furan rings is 1. The van der Waals surface area contributed by atoms with Crippen molar-refractivity contribution >= 4 is 210 Å². The molecule has 0 atom stereocenters. The molecule has 140 heavy (non-hydrogen) atoms. The molecule has 22 aromatic carbocycles. The summed E-state index contributed by atoms with van der Waals surface area (Å²) in [4.78, 5) is 14.1. The molecule has 0 spiro atoms. The van der Waals surface area contributed by atoms with Gasteiger partial charge in [0.15, 0.2) is 0 Å². The molecule has 0 aliphatic rings. The summed E-state index contributed by atoms with van der Waals surface area (Å²) in [6, 6.07) is 196. The van der Waals surface area contributed by atoms with Gasteiger partial charge in [0.25, 0.3) is 0 Å².